The molecule has 13 heavy (non-hydrogen) atoms. The van der Waals surface area contributed by atoms with Gasteiger partial charge in [0.25, 0.3) is 0 Å². The lowest BCUT2D eigenvalue weighted by Gasteiger charge is -2.18. The molecule has 3 nitrogen and oxygen atoms in total. The smallest absolute Gasteiger partial charge is 0.234 e. The zero-order chi connectivity index (χ0) is 9.68. The van der Waals surface area contributed by atoms with Crippen LogP contribution >= 0.6 is 0 Å². The van der Waals surface area contributed by atoms with Gasteiger partial charge in [-0.25, -0.2) is 0 Å². The van der Waals surface area contributed by atoms with E-state index in [0.717, 1.165) is 6.54 Å². The first-order valence-corrected chi connectivity index (χ1v) is 4.89. The number of likely N-dealkylation sites (N-methyl/N-ethyl adjacent to an activating group) is 1. The Bertz CT molecular complexity index is 187. The first kappa shape index (κ1) is 10.3. The third kappa shape index (κ3) is 3.59. The van der Waals surface area contributed by atoms with E-state index in [4.69, 9.17) is 0 Å². The topological polar surface area (TPSA) is 32.3 Å². The van der Waals surface area contributed by atoms with Crippen LogP contribution in [0.3, 0.4) is 0 Å². The van der Waals surface area contributed by atoms with Crippen LogP contribution in [0.15, 0.2) is 12.7 Å². The number of rotatable bonds is 6. The van der Waals surface area contributed by atoms with Crippen LogP contribution in [-0.2, 0) is 4.79 Å². The van der Waals surface area contributed by atoms with Gasteiger partial charge < -0.3 is 5.32 Å². The van der Waals surface area contributed by atoms with Crippen molar-refractivity contribution in [2.24, 2.45) is 0 Å². The van der Waals surface area contributed by atoms with Crippen molar-refractivity contribution in [3.63, 3.8) is 0 Å². The lowest BCUT2D eigenvalue weighted by Crippen LogP contribution is -2.38. The first-order valence-electron chi connectivity index (χ1n) is 4.89. The first-order chi connectivity index (χ1) is 6.27. The largest absolute Gasteiger partial charge is 0.352 e. The molecule has 0 radical (unpaired) electrons. The molecule has 1 aliphatic carbocycles. The second kappa shape index (κ2) is 5.02. The molecule has 0 bridgehead atoms. The van der Waals surface area contributed by atoms with Gasteiger partial charge in [0, 0.05) is 12.6 Å². The fourth-order valence-electron chi connectivity index (χ4n) is 1.37. The molecule has 1 N–H and O–H groups in total. The fraction of sp³-hybridized carbons (Fsp3) is 0.700. The van der Waals surface area contributed by atoms with Crippen molar-refractivity contribution in [3.05, 3.63) is 12.7 Å². The highest BCUT2D eigenvalue weighted by Gasteiger charge is 2.28. The van der Waals surface area contributed by atoms with Gasteiger partial charge in [-0.2, -0.15) is 0 Å². The van der Waals surface area contributed by atoms with E-state index < -0.39 is 0 Å². The van der Waals surface area contributed by atoms with Crippen LogP contribution in [0, 0.1) is 0 Å². The number of amides is 1. The molecule has 1 aliphatic rings. The Morgan fingerprint density at radius 2 is 2.38 bits per heavy atom. The summed E-state index contributed by atoms with van der Waals surface area (Å²) < 4.78 is 0. The highest BCUT2D eigenvalue weighted by atomic mass is 16.2. The van der Waals surface area contributed by atoms with Gasteiger partial charge in [-0.1, -0.05) is 13.0 Å². The van der Waals surface area contributed by atoms with Gasteiger partial charge in [-0.15, -0.1) is 6.58 Å². The maximum atomic E-state index is 11.3. The van der Waals surface area contributed by atoms with E-state index in [1.807, 2.05) is 0 Å². The summed E-state index contributed by atoms with van der Waals surface area (Å²) in [7, 11) is 0. The van der Waals surface area contributed by atoms with E-state index in [1.165, 1.54) is 12.8 Å². The standard InChI is InChI=1S/C10H18N2O/c1-3-7-11-10(13)8-12(4-2)9-5-6-9/h3,9H,1,4-8H2,2H3,(H,11,13). The molecular weight excluding hydrogens is 164 g/mol. The molecule has 0 aliphatic heterocycles. The Hall–Kier alpha value is -0.830. The number of carbonyl (C=O) groups excluding carboxylic acids is 1. The van der Waals surface area contributed by atoms with Crippen molar-refractivity contribution >= 4 is 5.91 Å². The highest BCUT2D eigenvalue weighted by Crippen LogP contribution is 2.25. The average molecular weight is 182 g/mol. The third-order valence-corrected chi connectivity index (χ3v) is 2.26. The predicted octanol–water partition coefficient (Wildman–Crippen LogP) is 0.773. The average Bonchev–Trinajstić information content (AvgIpc) is 2.94. The van der Waals surface area contributed by atoms with Crippen LogP contribution in [-0.4, -0.2) is 36.5 Å². The number of hydrogen-bond acceptors (Lipinski definition) is 2. The van der Waals surface area contributed by atoms with Gasteiger partial charge in [-0.3, -0.25) is 9.69 Å². The summed E-state index contributed by atoms with van der Waals surface area (Å²) in [4.78, 5) is 13.5. The molecule has 0 spiro atoms. The monoisotopic (exact) mass is 182 g/mol. The molecule has 74 valence electrons. The predicted molar refractivity (Wildman–Crippen MR) is 53.5 cm³/mol. The molecule has 0 aromatic heterocycles. The molecule has 0 saturated heterocycles. The van der Waals surface area contributed by atoms with Crippen molar-refractivity contribution in [1.29, 1.82) is 0 Å². The fourth-order valence-corrected chi connectivity index (χ4v) is 1.37. The minimum absolute atomic E-state index is 0.105. The summed E-state index contributed by atoms with van der Waals surface area (Å²) in [6.07, 6.45) is 4.20. The number of hydrogen-bond donors (Lipinski definition) is 1. The second-order valence-corrected chi connectivity index (χ2v) is 3.39. The number of nitrogens with one attached hydrogen (secondary N) is 1. The van der Waals surface area contributed by atoms with Gasteiger partial charge in [-0.05, 0) is 19.4 Å². The molecule has 0 unspecified atom stereocenters. The number of carbonyl (C=O) groups is 1. The maximum Gasteiger partial charge on any atom is 0.234 e. The Morgan fingerprint density at radius 1 is 1.69 bits per heavy atom. The van der Waals surface area contributed by atoms with E-state index >= 15 is 0 Å². The zero-order valence-electron chi connectivity index (χ0n) is 8.25. The summed E-state index contributed by atoms with van der Waals surface area (Å²) >= 11 is 0. The number of nitrogens with zero attached hydrogens (tertiary/aromatic N) is 1. The SMILES string of the molecule is C=CCNC(=O)CN(CC)C1CC1. The van der Waals surface area contributed by atoms with E-state index in [1.54, 1.807) is 6.08 Å². The summed E-state index contributed by atoms with van der Waals surface area (Å²) in [6.45, 7) is 7.72. The Balaban J connectivity index is 2.19. The molecule has 0 heterocycles. The van der Waals surface area contributed by atoms with Crippen LogP contribution < -0.4 is 5.32 Å². The van der Waals surface area contributed by atoms with E-state index in [0.29, 0.717) is 19.1 Å². The van der Waals surface area contributed by atoms with Gasteiger partial charge in [0.1, 0.15) is 0 Å². The van der Waals surface area contributed by atoms with E-state index in [-0.39, 0.29) is 5.91 Å². The van der Waals surface area contributed by atoms with Crippen molar-refractivity contribution in [2.45, 2.75) is 25.8 Å². The Labute approximate surface area is 79.8 Å². The van der Waals surface area contributed by atoms with Crippen molar-refractivity contribution < 1.29 is 4.79 Å². The molecular formula is C10H18N2O. The van der Waals surface area contributed by atoms with Crippen LogP contribution in [0.25, 0.3) is 0 Å². The van der Waals surface area contributed by atoms with Crippen molar-refractivity contribution in [1.82, 2.24) is 10.2 Å². The maximum absolute atomic E-state index is 11.3. The summed E-state index contributed by atoms with van der Waals surface area (Å²) in [5, 5.41) is 2.78. The van der Waals surface area contributed by atoms with Crippen molar-refractivity contribution in [2.75, 3.05) is 19.6 Å². The van der Waals surface area contributed by atoms with Crippen LogP contribution in [0.5, 0.6) is 0 Å². The normalized spacial score (nSPS) is 15.8. The molecule has 1 rings (SSSR count). The molecule has 0 atom stereocenters. The summed E-state index contributed by atoms with van der Waals surface area (Å²) in [6, 6.07) is 0.666. The zero-order valence-corrected chi connectivity index (χ0v) is 8.25. The molecule has 0 aromatic carbocycles. The molecule has 1 fully saturated rings. The summed E-state index contributed by atoms with van der Waals surface area (Å²) in [5.74, 6) is 0.105. The third-order valence-electron chi connectivity index (χ3n) is 2.26. The van der Waals surface area contributed by atoms with Crippen LogP contribution in [0.4, 0.5) is 0 Å². The minimum atomic E-state index is 0.105. The van der Waals surface area contributed by atoms with Crippen LogP contribution in [0.1, 0.15) is 19.8 Å². The molecule has 0 aromatic rings. The van der Waals surface area contributed by atoms with Gasteiger partial charge in [0.2, 0.25) is 5.91 Å². The van der Waals surface area contributed by atoms with Gasteiger partial charge in [0.05, 0.1) is 6.54 Å². The lowest BCUT2D eigenvalue weighted by molar-refractivity contribution is -0.122. The minimum Gasteiger partial charge on any atom is -0.352 e. The van der Waals surface area contributed by atoms with Gasteiger partial charge >= 0.3 is 0 Å². The molecule has 1 amide bonds. The second-order valence-electron chi connectivity index (χ2n) is 3.39. The van der Waals surface area contributed by atoms with E-state index in [2.05, 4.69) is 23.7 Å². The Kier molecular flexibility index (Phi) is 3.96. The van der Waals surface area contributed by atoms with Gasteiger partial charge in [0.15, 0.2) is 0 Å². The highest BCUT2D eigenvalue weighted by molar-refractivity contribution is 5.78. The Morgan fingerprint density at radius 3 is 2.85 bits per heavy atom. The lowest BCUT2D eigenvalue weighted by atomic mass is 10.4. The quantitative estimate of drug-likeness (QED) is 0.615. The van der Waals surface area contributed by atoms with E-state index in [9.17, 15) is 4.79 Å². The molecule has 3 heteroatoms. The molecule has 1 saturated carbocycles. The summed E-state index contributed by atoms with van der Waals surface area (Å²) in [5.41, 5.74) is 0. The van der Waals surface area contributed by atoms with Crippen LogP contribution in [0.2, 0.25) is 0 Å². The van der Waals surface area contributed by atoms with Crippen molar-refractivity contribution in [3.8, 4) is 0 Å².